The fourth-order valence-electron chi connectivity index (χ4n) is 2.57. The van der Waals surface area contributed by atoms with Crippen LogP contribution in [0.1, 0.15) is 26.2 Å². The molecule has 2 nitrogen and oxygen atoms in total. The van der Waals surface area contributed by atoms with Gasteiger partial charge in [-0.15, -0.1) is 0 Å². The molecular formula is C10H17F2NO. The van der Waals surface area contributed by atoms with E-state index in [0.717, 1.165) is 13.0 Å². The lowest BCUT2D eigenvalue weighted by atomic mass is 9.81. The first kappa shape index (κ1) is 10.3. The molecule has 1 N–H and O–H groups in total. The normalized spacial score (nSPS) is 38.6. The predicted octanol–water partition coefficient (Wildman–Crippen LogP) is 1.49. The van der Waals surface area contributed by atoms with E-state index in [-0.39, 0.29) is 24.9 Å². The summed E-state index contributed by atoms with van der Waals surface area (Å²) in [5.74, 6) is -2.27. The summed E-state index contributed by atoms with van der Waals surface area (Å²) in [6.07, 6.45) is 0.590. The molecule has 0 bridgehead atoms. The number of nitrogens with zero attached hydrogens (tertiary/aromatic N) is 1. The smallest absolute Gasteiger partial charge is 0.248 e. The minimum Gasteiger partial charge on any atom is -0.392 e. The Labute approximate surface area is 82.9 Å². The lowest BCUT2D eigenvalue weighted by molar-refractivity contribution is -0.116. The van der Waals surface area contributed by atoms with Gasteiger partial charge < -0.3 is 5.11 Å². The summed E-state index contributed by atoms with van der Waals surface area (Å²) in [5.41, 5.74) is 0. The van der Waals surface area contributed by atoms with Crippen molar-refractivity contribution in [3.8, 4) is 0 Å². The second-order valence-electron chi connectivity index (χ2n) is 4.82. The Hall–Kier alpha value is -0.220. The molecule has 1 aliphatic carbocycles. The summed E-state index contributed by atoms with van der Waals surface area (Å²) < 4.78 is 25.1. The van der Waals surface area contributed by atoms with Crippen LogP contribution >= 0.6 is 0 Å². The van der Waals surface area contributed by atoms with E-state index in [9.17, 15) is 13.9 Å². The van der Waals surface area contributed by atoms with Crippen molar-refractivity contribution in [3.05, 3.63) is 0 Å². The average Bonchev–Trinajstić information content (AvgIpc) is 2.26. The molecule has 0 amide bonds. The van der Waals surface area contributed by atoms with E-state index in [1.807, 2.05) is 6.92 Å². The summed E-state index contributed by atoms with van der Waals surface area (Å²) >= 11 is 0. The van der Waals surface area contributed by atoms with Crippen LogP contribution in [0.3, 0.4) is 0 Å². The van der Waals surface area contributed by atoms with Gasteiger partial charge in [-0.3, -0.25) is 4.90 Å². The first-order chi connectivity index (χ1) is 6.46. The maximum atomic E-state index is 12.6. The Morgan fingerprint density at radius 3 is 2.50 bits per heavy atom. The fraction of sp³-hybridized carbons (Fsp3) is 1.00. The van der Waals surface area contributed by atoms with Gasteiger partial charge in [-0.25, -0.2) is 8.78 Å². The van der Waals surface area contributed by atoms with Gasteiger partial charge in [0.25, 0.3) is 0 Å². The molecule has 0 aromatic rings. The molecule has 2 aliphatic rings. The maximum absolute atomic E-state index is 12.6. The van der Waals surface area contributed by atoms with Gasteiger partial charge in [0.1, 0.15) is 0 Å². The maximum Gasteiger partial charge on any atom is 0.248 e. The van der Waals surface area contributed by atoms with E-state index in [1.165, 1.54) is 0 Å². The zero-order valence-corrected chi connectivity index (χ0v) is 8.42. The second-order valence-corrected chi connectivity index (χ2v) is 4.82. The Kier molecular flexibility index (Phi) is 2.52. The average molecular weight is 205 g/mol. The van der Waals surface area contributed by atoms with E-state index in [1.54, 1.807) is 0 Å². The number of hydrogen-bond donors (Lipinski definition) is 1. The van der Waals surface area contributed by atoms with E-state index in [0.29, 0.717) is 12.6 Å². The van der Waals surface area contributed by atoms with Gasteiger partial charge >= 0.3 is 0 Å². The predicted molar refractivity (Wildman–Crippen MR) is 49.3 cm³/mol. The van der Waals surface area contributed by atoms with Gasteiger partial charge in [-0.05, 0) is 19.3 Å². The van der Waals surface area contributed by atoms with Crippen molar-refractivity contribution >= 4 is 0 Å². The van der Waals surface area contributed by atoms with Crippen molar-refractivity contribution < 1.29 is 13.9 Å². The third-order valence-corrected chi connectivity index (χ3v) is 3.35. The van der Waals surface area contributed by atoms with Gasteiger partial charge in [0.15, 0.2) is 0 Å². The zero-order chi connectivity index (χ0) is 10.3. The van der Waals surface area contributed by atoms with Crippen molar-refractivity contribution in [3.63, 3.8) is 0 Å². The summed E-state index contributed by atoms with van der Waals surface area (Å²) in [6.45, 7) is 3.43. The third kappa shape index (κ3) is 2.06. The van der Waals surface area contributed by atoms with Crippen LogP contribution in [0, 0.1) is 5.92 Å². The van der Waals surface area contributed by atoms with E-state index >= 15 is 0 Å². The first-order valence-electron chi connectivity index (χ1n) is 5.26. The first-order valence-corrected chi connectivity index (χ1v) is 5.26. The highest BCUT2D eigenvalue weighted by molar-refractivity contribution is 4.91. The van der Waals surface area contributed by atoms with Crippen molar-refractivity contribution in [1.82, 2.24) is 4.90 Å². The molecule has 82 valence electrons. The quantitative estimate of drug-likeness (QED) is 0.738. The minimum atomic E-state index is -2.41. The fourth-order valence-corrected chi connectivity index (χ4v) is 2.57. The number of likely N-dealkylation sites (tertiary alicyclic amines) is 1. The largest absolute Gasteiger partial charge is 0.392 e. The molecule has 1 saturated carbocycles. The van der Waals surface area contributed by atoms with E-state index in [4.69, 9.17) is 0 Å². The van der Waals surface area contributed by atoms with Crippen molar-refractivity contribution in [2.45, 2.75) is 44.3 Å². The molecular weight excluding hydrogens is 188 g/mol. The summed E-state index contributed by atoms with van der Waals surface area (Å²) in [4.78, 5) is 2.13. The molecule has 2 atom stereocenters. The molecule has 4 heteroatoms. The summed E-state index contributed by atoms with van der Waals surface area (Å²) in [5, 5.41) is 9.39. The van der Waals surface area contributed by atoms with Crippen molar-refractivity contribution in [1.29, 1.82) is 0 Å². The molecule has 1 saturated heterocycles. The molecule has 1 heterocycles. The number of hydrogen-bond acceptors (Lipinski definition) is 2. The Morgan fingerprint density at radius 1 is 1.43 bits per heavy atom. The van der Waals surface area contributed by atoms with Gasteiger partial charge in [-0.2, -0.15) is 0 Å². The van der Waals surface area contributed by atoms with Crippen LogP contribution in [0.4, 0.5) is 8.78 Å². The van der Waals surface area contributed by atoms with Crippen LogP contribution in [0.2, 0.25) is 0 Å². The van der Waals surface area contributed by atoms with Gasteiger partial charge in [0.2, 0.25) is 5.92 Å². The number of aliphatic hydroxyl groups excluding tert-OH is 1. The minimum absolute atomic E-state index is 0.0340. The number of aliphatic hydroxyl groups is 1. The highest BCUT2D eigenvalue weighted by Gasteiger charge is 2.46. The Balaban J connectivity index is 1.77. The monoisotopic (exact) mass is 205 g/mol. The molecule has 2 fully saturated rings. The summed E-state index contributed by atoms with van der Waals surface area (Å²) in [6, 6.07) is 0.347. The van der Waals surface area contributed by atoms with Gasteiger partial charge in [-0.1, -0.05) is 0 Å². The van der Waals surface area contributed by atoms with Gasteiger partial charge in [0, 0.05) is 32.0 Å². The van der Waals surface area contributed by atoms with Crippen LogP contribution < -0.4 is 0 Å². The third-order valence-electron chi connectivity index (χ3n) is 3.35. The molecule has 0 aromatic carbocycles. The van der Waals surface area contributed by atoms with Crippen molar-refractivity contribution in [2.24, 2.45) is 5.92 Å². The van der Waals surface area contributed by atoms with Crippen LogP contribution in [-0.2, 0) is 0 Å². The van der Waals surface area contributed by atoms with E-state index in [2.05, 4.69) is 4.90 Å². The molecule has 2 rings (SSSR count). The van der Waals surface area contributed by atoms with Crippen molar-refractivity contribution in [2.75, 3.05) is 13.1 Å². The highest BCUT2D eigenvalue weighted by Crippen LogP contribution is 2.43. The molecule has 0 unspecified atom stereocenters. The number of alkyl halides is 2. The zero-order valence-electron chi connectivity index (χ0n) is 8.42. The van der Waals surface area contributed by atoms with Crippen LogP contribution in [0.5, 0.6) is 0 Å². The lowest BCUT2D eigenvalue weighted by Gasteiger charge is -2.38. The number of rotatable bonds is 2. The molecule has 1 aliphatic heterocycles. The van der Waals surface area contributed by atoms with Crippen LogP contribution in [0.15, 0.2) is 0 Å². The van der Waals surface area contributed by atoms with Crippen LogP contribution in [-0.4, -0.2) is 41.2 Å². The highest BCUT2D eigenvalue weighted by atomic mass is 19.3. The standard InChI is InChI=1S/C10H17F2NO/c1-7-2-9(14)6-13(7)5-8-3-10(11,12)4-8/h7-9,14H,2-6H2,1H3/t7-,9-/m0/s1. The Morgan fingerprint density at radius 2 is 2.07 bits per heavy atom. The van der Waals surface area contributed by atoms with Gasteiger partial charge in [0.05, 0.1) is 6.10 Å². The number of β-amino-alcohol motifs (C(OH)–C–C–N with tert-alkyl or cyclic N) is 1. The van der Waals surface area contributed by atoms with Crippen LogP contribution in [0.25, 0.3) is 0 Å². The summed E-state index contributed by atoms with van der Waals surface area (Å²) in [7, 11) is 0. The van der Waals surface area contributed by atoms with E-state index < -0.39 is 5.92 Å². The molecule has 0 spiro atoms. The second kappa shape index (κ2) is 3.42. The molecule has 14 heavy (non-hydrogen) atoms. The lowest BCUT2D eigenvalue weighted by Crippen LogP contribution is -2.43. The molecule has 0 radical (unpaired) electrons. The SMILES string of the molecule is C[C@H]1C[C@H](O)CN1CC1CC(F)(F)C1. The molecule has 0 aromatic heterocycles. The Bertz CT molecular complexity index is 214. The topological polar surface area (TPSA) is 23.5 Å². The number of halogens is 2.